The number of benzene rings is 2. The molecule has 110 valence electrons. The number of rotatable bonds is 1. The summed E-state index contributed by atoms with van der Waals surface area (Å²) >= 11 is 4.40. The molecule has 0 saturated heterocycles. The molecule has 0 fully saturated rings. The molecule has 0 amide bonds. The molecular weight excluding hydrogens is 303 g/mol. The fraction of sp³-hybridized carbons (Fsp3) is 0.214. The molecule has 1 aliphatic heterocycles. The molecule has 7 heteroatoms. The van der Waals surface area contributed by atoms with E-state index in [4.69, 9.17) is 4.74 Å². The van der Waals surface area contributed by atoms with Gasteiger partial charge in [-0.2, -0.15) is 13.2 Å². The van der Waals surface area contributed by atoms with Gasteiger partial charge >= 0.3 is 6.18 Å². The van der Waals surface area contributed by atoms with Gasteiger partial charge in [-0.15, -0.1) is 12.6 Å². The number of phenols is 1. The second-order valence-corrected chi connectivity index (χ2v) is 5.50. The van der Waals surface area contributed by atoms with Crippen LogP contribution in [0.4, 0.5) is 13.2 Å². The number of thiol groups is 1. The van der Waals surface area contributed by atoms with Gasteiger partial charge in [0, 0.05) is 0 Å². The third kappa shape index (κ3) is 2.31. The highest BCUT2D eigenvalue weighted by atomic mass is 32.1. The van der Waals surface area contributed by atoms with Crippen LogP contribution in [0.3, 0.4) is 0 Å². The number of nitrogens with zero attached hydrogens (tertiary/aromatic N) is 1. The summed E-state index contributed by atoms with van der Waals surface area (Å²) in [5.74, 6) is -0.787. The molecule has 21 heavy (non-hydrogen) atoms. The van der Waals surface area contributed by atoms with Gasteiger partial charge in [0.1, 0.15) is 17.9 Å². The van der Waals surface area contributed by atoms with Crippen molar-refractivity contribution < 1.29 is 23.0 Å². The van der Waals surface area contributed by atoms with Crippen LogP contribution in [0.2, 0.25) is 0 Å². The highest BCUT2D eigenvalue weighted by Crippen LogP contribution is 2.42. The van der Waals surface area contributed by atoms with Gasteiger partial charge in [-0.3, -0.25) is 0 Å². The first kappa shape index (κ1) is 14.1. The molecule has 0 unspecified atom stereocenters. The Morgan fingerprint density at radius 1 is 1.24 bits per heavy atom. The SMILES string of the molecule is Oc1ccc2cc([C@@]3(S)COC=N3)ccc2c1C(F)(F)F. The zero-order valence-corrected chi connectivity index (χ0v) is 11.4. The quantitative estimate of drug-likeness (QED) is 0.788. The van der Waals surface area contributed by atoms with Crippen molar-refractivity contribution in [1.82, 2.24) is 0 Å². The zero-order valence-electron chi connectivity index (χ0n) is 10.6. The molecule has 1 aliphatic rings. The third-order valence-electron chi connectivity index (χ3n) is 3.37. The Labute approximate surface area is 123 Å². The number of aromatic hydroxyl groups is 1. The van der Waals surface area contributed by atoms with Gasteiger partial charge in [-0.25, -0.2) is 4.99 Å². The van der Waals surface area contributed by atoms with Gasteiger partial charge in [0.25, 0.3) is 0 Å². The van der Waals surface area contributed by atoms with Crippen LogP contribution in [0.25, 0.3) is 10.8 Å². The van der Waals surface area contributed by atoms with Crippen molar-refractivity contribution in [3.63, 3.8) is 0 Å². The van der Waals surface area contributed by atoms with Crippen LogP contribution in [0, 0.1) is 0 Å². The van der Waals surface area contributed by atoms with Crippen LogP contribution in [0.15, 0.2) is 35.3 Å². The molecular formula is C14H10F3NO2S. The highest BCUT2D eigenvalue weighted by Gasteiger charge is 2.37. The van der Waals surface area contributed by atoms with E-state index in [1.165, 1.54) is 24.6 Å². The highest BCUT2D eigenvalue weighted by molar-refractivity contribution is 7.81. The summed E-state index contributed by atoms with van der Waals surface area (Å²) in [6.07, 6.45) is -3.35. The molecule has 1 N–H and O–H groups in total. The van der Waals surface area contributed by atoms with E-state index in [1.807, 2.05) is 0 Å². The van der Waals surface area contributed by atoms with E-state index in [1.54, 1.807) is 6.07 Å². The Morgan fingerprint density at radius 2 is 2.00 bits per heavy atom. The standard InChI is InChI=1S/C14H10F3NO2S/c15-14(16,17)12-10-3-2-9(13(21)6-20-7-18-13)5-8(10)1-4-11(12)19/h1-5,7,19,21H,6H2/t13-/m0/s1. The van der Waals surface area contributed by atoms with Gasteiger partial charge in [0.05, 0.1) is 0 Å². The largest absolute Gasteiger partial charge is 0.507 e. The van der Waals surface area contributed by atoms with E-state index >= 15 is 0 Å². The molecule has 0 aliphatic carbocycles. The number of ether oxygens (including phenoxy) is 1. The molecule has 2 aromatic rings. The maximum atomic E-state index is 13.0. The Morgan fingerprint density at radius 3 is 2.62 bits per heavy atom. The first-order chi connectivity index (χ1) is 9.81. The Hall–Kier alpha value is -1.89. The molecule has 0 bridgehead atoms. The average molecular weight is 313 g/mol. The summed E-state index contributed by atoms with van der Waals surface area (Å²) in [6, 6.07) is 6.87. The summed E-state index contributed by atoms with van der Waals surface area (Å²) in [7, 11) is 0. The zero-order chi connectivity index (χ0) is 15.3. The first-order valence-electron chi connectivity index (χ1n) is 6.02. The van der Waals surface area contributed by atoms with E-state index < -0.39 is 22.4 Å². The summed E-state index contributed by atoms with van der Waals surface area (Å²) in [5, 5.41) is 9.79. The van der Waals surface area contributed by atoms with E-state index in [-0.39, 0.29) is 12.0 Å². The molecule has 0 saturated carbocycles. The van der Waals surface area contributed by atoms with Crippen LogP contribution >= 0.6 is 12.6 Å². The molecule has 0 spiro atoms. The lowest BCUT2D eigenvalue weighted by atomic mass is 9.98. The molecule has 1 heterocycles. The fourth-order valence-electron chi connectivity index (χ4n) is 2.34. The minimum Gasteiger partial charge on any atom is -0.507 e. The lowest BCUT2D eigenvalue weighted by molar-refractivity contribution is -0.137. The predicted octanol–water partition coefficient (Wildman–Crippen LogP) is 3.71. The van der Waals surface area contributed by atoms with E-state index in [2.05, 4.69) is 17.6 Å². The normalized spacial score (nSPS) is 21.7. The molecule has 2 aromatic carbocycles. The van der Waals surface area contributed by atoms with Crippen molar-refractivity contribution in [2.45, 2.75) is 11.0 Å². The predicted molar refractivity (Wildman–Crippen MR) is 75.7 cm³/mol. The molecule has 3 nitrogen and oxygen atoms in total. The number of fused-ring (bicyclic) bond motifs is 1. The van der Waals surface area contributed by atoms with Gasteiger partial charge in [0.2, 0.25) is 0 Å². The smallest absolute Gasteiger partial charge is 0.420 e. The van der Waals surface area contributed by atoms with Crippen LogP contribution in [-0.2, 0) is 15.8 Å². The van der Waals surface area contributed by atoms with E-state index in [9.17, 15) is 18.3 Å². The van der Waals surface area contributed by atoms with Gasteiger partial charge in [-0.1, -0.05) is 18.2 Å². The lowest BCUT2D eigenvalue weighted by Crippen LogP contribution is -2.17. The maximum Gasteiger partial charge on any atom is 0.420 e. The minimum atomic E-state index is -4.63. The second kappa shape index (κ2) is 4.56. The number of halogens is 3. The van der Waals surface area contributed by atoms with Crippen LogP contribution in [-0.4, -0.2) is 18.1 Å². The van der Waals surface area contributed by atoms with Crippen molar-refractivity contribution in [2.75, 3.05) is 6.61 Å². The van der Waals surface area contributed by atoms with Gasteiger partial charge in [0.15, 0.2) is 11.3 Å². The van der Waals surface area contributed by atoms with Crippen LogP contribution in [0.1, 0.15) is 11.1 Å². The van der Waals surface area contributed by atoms with E-state index in [0.29, 0.717) is 10.9 Å². The van der Waals surface area contributed by atoms with Crippen molar-refractivity contribution in [1.29, 1.82) is 0 Å². The average Bonchev–Trinajstić information content (AvgIpc) is 2.84. The number of hydrogen-bond acceptors (Lipinski definition) is 4. The Bertz CT molecular complexity index is 745. The molecule has 0 aromatic heterocycles. The van der Waals surface area contributed by atoms with Gasteiger partial charge < -0.3 is 9.84 Å². The molecule has 3 rings (SSSR count). The summed E-state index contributed by atoms with van der Waals surface area (Å²) in [6.45, 7) is 0.214. The van der Waals surface area contributed by atoms with Crippen molar-refractivity contribution in [3.05, 3.63) is 41.5 Å². The first-order valence-corrected chi connectivity index (χ1v) is 6.47. The van der Waals surface area contributed by atoms with Crippen LogP contribution < -0.4 is 0 Å². The minimum absolute atomic E-state index is 0.0638. The topological polar surface area (TPSA) is 41.8 Å². The summed E-state index contributed by atoms with van der Waals surface area (Å²) in [4.78, 5) is 3.18. The second-order valence-electron chi connectivity index (χ2n) is 4.76. The third-order valence-corrected chi connectivity index (χ3v) is 3.87. The number of hydrogen-bond donors (Lipinski definition) is 2. The van der Waals surface area contributed by atoms with Crippen molar-refractivity contribution >= 4 is 29.8 Å². The lowest BCUT2D eigenvalue weighted by Gasteiger charge is -2.19. The van der Waals surface area contributed by atoms with Crippen molar-refractivity contribution in [3.8, 4) is 5.75 Å². The Kier molecular flexibility index (Phi) is 3.05. The number of alkyl halides is 3. The monoisotopic (exact) mass is 313 g/mol. The number of phenolic OH excluding ortho intramolecular Hbond substituents is 1. The van der Waals surface area contributed by atoms with Crippen molar-refractivity contribution in [2.24, 2.45) is 4.99 Å². The number of aliphatic imine (C=N–C) groups is 1. The maximum absolute atomic E-state index is 13.0. The summed E-state index contributed by atoms with van der Waals surface area (Å²) in [5.41, 5.74) is -0.406. The summed E-state index contributed by atoms with van der Waals surface area (Å²) < 4.78 is 44.1. The van der Waals surface area contributed by atoms with Crippen LogP contribution in [0.5, 0.6) is 5.75 Å². The molecule has 0 radical (unpaired) electrons. The Balaban J connectivity index is 2.21. The van der Waals surface area contributed by atoms with Gasteiger partial charge in [-0.05, 0) is 28.5 Å². The molecule has 1 atom stereocenters. The fourth-order valence-corrected chi connectivity index (χ4v) is 2.60. The van der Waals surface area contributed by atoms with E-state index in [0.717, 1.165) is 6.07 Å².